The van der Waals surface area contributed by atoms with Crippen LogP contribution >= 0.6 is 0 Å². The maximum absolute atomic E-state index is 12.8. The second-order valence-electron chi connectivity index (χ2n) is 17.4. The van der Waals surface area contributed by atoms with Crippen LogP contribution in [0.3, 0.4) is 0 Å². The van der Waals surface area contributed by atoms with E-state index in [0.29, 0.717) is 19.3 Å². The van der Waals surface area contributed by atoms with Crippen molar-refractivity contribution in [2.45, 2.75) is 252 Å². The third-order valence-corrected chi connectivity index (χ3v) is 11.1. The van der Waals surface area contributed by atoms with Crippen LogP contribution in [0, 0.1) is 0 Å². The van der Waals surface area contributed by atoms with E-state index in [4.69, 9.17) is 14.2 Å². The highest BCUT2D eigenvalue weighted by atomic mass is 16.6. The van der Waals surface area contributed by atoms with Crippen LogP contribution in [0.15, 0.2) is 85.1 Å². The van der Waals surface area contributed by atoms with Gasteiger partial charge in [-0.25, -0.2) is 0 Å². The molecule has 0 saturated carbocycles. The van der Waals surface area contributed by atoms with Crippen LogP contribution in [0.1, 0.15) is 245 Å². The fraction of sp³-hybridized carbons (Fsp3) is 0.707. The van der Waals surface area contributed by atoms with Crippen molar-refractivity contribution >= 4 is 17.9 Å². The maximum Gasteiger partial charge on any atom is 0.306 e. The molecule has 0 saturated heterocycles. The molecule has 0 bridgehead atoms. The zero-order chi connectivity index (χ0) is 46.5. The number of ether oxygens (including phenoxy) is 3. The fourth-order valence-electron chi connectivity index (χ4n) is 7.04. The molecule has 0 spiro atoms. The van der Waals surface area contributed by atoms with Crippen molar-refractivity contribution in [3.05, 3.63) is 85.1 Å². The molecule has 0 aliphatic rings. The molecular weight excluding hydrogens is 793 g/mol. The molecule has 0 aromatic rings. The van der Waals surface area contributed by atoms with Gasteiger partial charge in [-0.15, -0.1) is 0 Å². The highest BCUT2D eigenvalue weighted by Crippen LogP contribution is 2.13. The number of hydrogen-bond acceptors (Lipinski definition) is 6. The number of unbranched alkanes of at least 4 members (excludes halogenated alkanes) is 22. The summed E-state index contributed by atoms with van der Waals surface area (Å²) in [5.41, 5.74) is 0. The molecule has 0 heterocycles. The van der Waals surface area contributed by atoms with Gasteiger partial charge in [0.1, 0.15) is 13.2 Å². The Hall–Kier alpha value is -3.41. The molecule has 0 amide bonds. The van der Waals surface area contributed by atoms with Gasteiger partial charge in [-0.05, 0) is 122 Å². The Labute approximate surface area is 395 Å². The molecule has 6 nitrogen and oxygen atoms in total. The molecule has 0 aromatic heterocycles. The lowest BCUT2D eigenvalue weighted by molar-refractivity contribution is -0.167. The lowest BCUT2D eigenvalue weighted by atomic mass is 10.1. The fourth-order valence-corrected chi connectivity index (χ4v) is 7.04. The Bertz CT molecular complexity index is 1250. The molecule has 0 aliphatic heterocycles. The summed E-state index contributed by atoms with van der Waals surface area (Å²) < 4.78 is 16.8. The number of carbonyl (C=O) groups is 3. The molecule has 6 heteroatoms. The van der Waals surface area contributed by atoms with E-state index in [-0.39, 0.29) is 31.1 Å². The van der Waals surface area contributed by atoms with Crippen molar-refractivity contribution in [3.8, 4) is 0 Å². The van der Waals surface area contributed by atoms with Gasteiger partial charge in [0.05, 0.1) is 0 Å². The largest absolute Gasteiger partial charge is 0.462 e. The minimum absolute atomic E-state index is 0.0980. The molecule has 0 aromatic carbocycles. The van der Waals surface area contributed by atoms with E-state index in [0.717, 1.165) is 122 Å². The van der Waals surface area contributed by atoms with Crippen molar-refractivity contribution in [2.75, 3.05) is 13.2 Å². The molecule has 0 unspecified atom stereocenters. The molecule has 0 aliphatic carbocycles. The Morgan fingerprint density at radius 1 is 0.312 bits per heavy atom. The predicted molar refractivity (Wildman–Crippen MR) is 274 cm³/mol. The molecule has 0 rings (SSSR count). The van der Waals surface area contributed by atoms with Gasteiger partial charge < -0.3 is 14.2 Å². The molecular formula is C58H98O6. The first kappa shape index (κ1) is 60.6. The van der Waals surface area contributed by atoms with Crippen molar-refractivity contribution < 1.29 is 28.6 Å². The van der Waals surface area contributed by atoms with Gasteiger partial charge in [-0.3, -0.25) is 14.4 Å². The van der Waals surface area contributed by atoms with E-state index in [1.807, 2.05) is 0 Å². The third kappa shape index (κ3) is 49.6. The smallest absolute Gasteiger partial charge is 0.306 e. The summed E-state index contributed by atoms with van der Waals surface area (Å²) in [6, 6.07) is 0. The first-order chi connectivity index (χ1) is 31.5. The van der Waals surface area contributed by atoms with Crippen LogP contribution in [0.4, 0.5) is 0 Å². The van der Waals surface area contributed by atoms with Crippen molar-refractivity contribution in [2.24, 2.45) is 0 Å². The molecule has 366 valence electrons. The number of rotatable bonds is 47. The van der Waals surface area contributed by atoms with Gasteiger partial charge in [0, 0.05) is 19.3 Å². The number of esters is 3. The number of carbonyl (C=O) groups excluding carboxylic acids is 3. The number of allylic oxidation sites excluding steroid dienone is 14. The molecule has 64 heavy (non-hydrogen) atoms. The highest BCUT2D eigenvalue weighted by Gasteiger charge is 2.19. The summed E-state index contributed by atoms with van der Waals surface area (Å²) >= 11 is 0. The van der Waals surface area contributed by atoms with Gasteiger partial charge in [-0.1, -0.05) is 189 Å². The van der Waals surface area contributed by atoms with Crippen LogP contribution in [-0.2, 0) is 28.6 Å². The predicted octanol–water partition coefficient (Wildman–Crippen LogP) is 17.6. The van der Waals surface area contributed by atoms with Crippen LogP contribution in [-0.4, -0.2) is 37.2 Å². The Balaban J connectivity index is 4.48. The van der Waals surface area contributed by atoms with Crippen LogP contribution in [0.5, 0.6) is 0 Å². The van der Waals surface area contributed by atoms with Crippen molar-refractivity contribution in [1.29, 1.82) is 0 Å². The van der Waals surface area contributed by atoms with E-state index >= 15 is 0 Å². The second kappa shape index (κ2) is 52.2. The number of hydrogen-bond donors (Lipinski definition) is 0. The maximum atomic E-state index is 12.8. The van der Waals surface area contributed by atoms with E-state index in [2.05, 4.69) is 106 Å². The van der Waals surface area contributed by atoms with Crippen LogP contribution in [0.2, 0.25) is 0 Å². The van der Waals surface area contributed by atoms with Crippen molar-refractivity contribution in [3.63, 3.8) is 0 Å². The van der Waals surface area contributed by atoms with E-state index in [9.17, 15) is 14.4 Å². The third-order valence-electron chi connectivity index (χ3n) is 11.1. The highest BCUT2D eigenvalue weighted by molar-refractivity contribution is 5.71. The Morgan fingerprint density at radius 2 is 0.562 bits per heavy atom. The van der Waals surface area contributed by atoms with Crippen LogP contribution < -0.4 is 0 Å². The van der Waals surface area contributed by atoms with Gasteiger partial charge >= 0.3 is 17.9 Å². The van der Waals surface area contributed by atoms with Gasteiger partial charge in [0.2, 0.25) is 0 Å². The van der Waals surface area contributed by atoms with Crippen LogP contribution in [0.25, 0.3) is 0 Å². The average Bonchev–Trinajstić information content (AvgIpc) is 3.29. The SMILES string of the molecule is CCCCC/C=C\C/C=C\C/C=C\CCCCCCC(=O)OC[C@@H](COC(=O)CCCCCCC/C=C\CCCCC)OC(=O)CCCCCC/C=C\C/C=C\C/C=C\CCCCC. The van der Waals surface area contributed by atoms with E-state index in [1.54, 1.807) is 0 Å². The quantitative estimate of drug-likeness (QED) is 0.0262. The second-order valence-corrected chi connectivity index (χ2v) is 17.4. The summed E-state index contributed by atoms with van der Waals surface area (Å²) in [7, 11) is 0. The molecule has 0 radical (unpaired) electrons. The zero-order valence-electron chi connectivity index (χ0n) is 41.8. The van der Waals surface area contributed by atoms with E-state index in [1.165, 1.54) is 83.5 Å². The topological polar surface area (TPSA) is 78.9 Å². The minimum Gasteiger partial charge on any atom is -0.462 e. The summed E-state index contributed by atoms with van der Waals surface area (Å²) in [6.45, 7) is 6.51. The molecule has 1 atom stereocenters. The molecule has 0 fully saturated rings. The van der Waals surface area contributed by atoms with Crippen molar-refractivity contribution in [1.82, 2.24) is 0 Å². The normalized spacial score (nSPS) is 12.7. The summed E-state index contributed by atoms with van der Waals surface area (Å²) in [5, 5.41) is 0. The standard InChI is InChI=1S/C58H98O6/c1-4-7-10-13-16-19-22-25-27-29-31-33-36-39-42-45-48-51-57(60)63-54-55(53-62-56(59)50-47-44-41-38-35-24-21-18-15-12-9-6-3)64-58(61)52-49-46-43-40-37-34-32-30-28-26-23-20-17-14-11-8-5-2/h16-21,25-28,31-34,55H,4-15,22-24,29-30,35-54H2,1-3H3/b19-16-,20-17-,21-18-,27-25-,28-26-,33-31-,34-32-/t55-/m1/s1. The molecule has 0 N–H and O–H groups in total. The van der Waals surface area contributed by atoms with Gasteiger partial charge in [-0.2, -0.15) is 0 Å². The van der Waals surface area contributed by atoms with Gasteiger partial charge in [0.25, 0.3) is 0 Å². The zero-order valence-corrected chi connectivity index (χ0v) is 41.8. The van der Waals surface area contributed by atoms with E-state index < -0.39 is 6.10 Å². The Morgan fingerprint density at radius 3 is 0.891 bits per heavy atom. The van der Waals surface area contributed by atoms with Gasteiger partial charge in [0.15, 0.2) is 6.10 Å². The lowest BCUT2D eigenvalue weighted by Gasteiger charge is -2.18. The first-order valence-electron chi connectivity index (χ1n) is 26.6. The summed E-state index contributed by atoms with van der Waals surface area (Å²) in [4.78, 5) is 38.0. The first-order valence-corrected chi connectivity index (χ1v) is 26.6. The Kier molecular flexibility index (Phi) is 49.4. The average molecular weight is 891 g/mol. The minimum atomic E-state index is -0.801. The summed E-state index contributed by atoms with van der Waals surface area (Å²) in [5.74, 6) is -0.951. The monoisotopic (exact) mass is 891 g/mol. The lowest BCUT2D eigenvalue weighted by Crippen LogP contribution is -2.30. The summed E-state index contributed by atoms with van der Waals surface area (Å²) in [6.07, 6.45) is 67.0.